The fourth-order valence-corrected chi connectivity index (χ4v) is 3.54. The number of Topliss-reactive ketones (excluding diaryl/α,β-unsaturated/α-hetero) is 1. The Morgan fingerprint density at radius 1 is 1.14 bits per heavy atom. The summed E-state index contributed by atoms with van der Waals surface area (Å²) in [6.45, 7) is 2.36. The molecule has 0 radical (unpaired) electrons. The van der Waals surface area contributed by atoms with E-state index in [1.54, 1.807) is 6.07 Å². The summed E-state index contributed by atoms with van der Waals surface area (Å²) in [5.41, 5.74) is 3.61. The van der Waals surface area contributed by atoms with Crippen LogP contribution in [0.25, 0.3) is 0 Å². The summed E-state index contributed by atoms with van der Waals surface area (Å²) < 4.78 is 0. The summed E-state index contributed by atoms with van der Waals surface area (Å²) in [5.74, 6) is 0.151. The molecule has 2 aromatic rings. The van der Waals surface area contributed by atoms with Crippen molar-refractivity contribution in [3.05, 3.63) is 64.2 Å². The molecule has 3 rings (SSSR count). The standard InChI is InChI=1S/C22H26ClN3O2/c1-26(13-11-16-6-2-3-7-19(16)23)12-5-4-8-21(27)17-9-10-20-18(14-17)15-24-22(28)25-20/h2-3,6-7,9-10,14H,4-5,8,11-13,15H2,1H3,(H2,24,25,28). The Morgan fingerprint density at radius 3 is 2.79 bits per heavy atom. The van der Waals surface area contributed by atoms with Gasteiger partial charge in [-0.1, -0.05) is 29.8 Å². The Morgan fingerprint density at radius 2 is 1.96 bits per heavy atom. The van der Waals surface area contributed by atoms with E-state index in [9.17, 15) is 9.59 Å². The van der Waals surface area contributed by atoms with Crippen molar-refractivity contribution < 1.29 is 9.59 Å². The lowest BCUT2D eigenvalue weighted by atomic mass is 10.0. The zero-order chi connectivity index (χ0) is 19.9. The first-order valence-electron chi connectivity index (χ1n) is 9.66. The largest absolute Gasteiger partial charge is 0.334 e. The normalized spacial score (nSPS) is 13.0. The molecule has 0 spiro atoms. The van der Waals surface area contributed by atoms with Crippen molar-refractivity contribution in [1.82, 2.24) is 10.2 Å². The van der Waals surface area contributed by atoms with E-state index in [-0.39, 0.29) is 11.8 Å². The highest BCUT2D eigenvalue weighted by atomic mass is 35.5. The molecule has 1 aliphatic heterocycles. The first-order valence-corrected chi connectivity index (χ1v) is 10.0. The maximum Gasteiger partial charge on any atom is 0.319 e. The van der Waals surface area contributed by atoms with Gasteiger partial charge >= 0.3 is 6.03 Å². The Kier molecular flexibility index (Phi) is 7.06. The molecule has 6 heteroatoms. The molecular formula is C22H26ClN3O2. The molecule has 5 nitrogen and oxygen atoms in total. The summed E-state index contributed by atoms with van der Waals surface area (Å²) in [4.78, 5) is 26.0. The number of fused-ring (bicyclic) bond motifs is 1. The highest BCUT2D eigenvalue weighted by Gasteiger charge is 2.15. The smallest absolute Gasteiger partial charge is 0.319 e. The molecule has 148 valence electrons. The van der Waals surface area contributed by atoms with Crippen LogP contribution in [0.15, 0.2) is 42.5 Å². The van der Waals surface area contributed by atoms with Crippen molar-refractivity contribution in [2.24, 2.45) is 0 Å². The minimum absolute atomic E-state index is 0.151. The highest BCUT2D eigenvalue weighted by Crippen LogP contribution is 2.21. The zero-order valence-corrected chi connectivity index (χ0v) is 16.9. The van der Waals surface area contributed by atoms with Crippen molar-refractivity contribution in [3.8, 4) is 0 Å². The maximum absolute atomic E-state index is 12.5. The summed E-state index contributed by atoms with van der Waals surface area (Å²) >= 11 is 6.20. The number of likely N-dealkylation sites (N-methyl/N-ethyl adjacent to an activating group) is 1. The van der Waals surface area contributed by atoms with Crippen LogP contribution in [0.3, 0.4) is 0 Å². The Bertz CT molecular complexity index is 853. The van der Waals surface area contributed by atoms with Gasteiger partial charge in [-0.05, 0) is 68.2 Å². The number of carbonyl (C=O) groups is 2. The number of nitrogens with zero attached hydrogens (tertiary/aromatic N) is 1. The van der Waals surface area contributed by atoms with Crippen LogP contribution in [0.2, 0.25) is 5.02 Å². The minimum atomic E-state index is -0.203. The summed E-state index contributed by atoms with van der Waals surface area (Å²) in [6.07, 6.45) is 3.31. The third kappa shape index (κ3) is 5.57. The van der Waals surface area contributed by atoms with E-state index in [0.717, 1.165) is 48.6 Å². The van der Waals surface area contributed by atoms with Crippen LogP contribution in [-0.2, 0) is 13.0 Å². The number of amides is 2. The first-order chi connectivity index (χ1) is 13.5. The number of carbonyl (C=O) groups excluding carboxylic acids is 2. The molecule has 0 fully saturated rings. The summed E-state index contributed by atoms with van der Waals surface area (Å²) in [6, 6.07) is 13.2. The van der Waals surface area contributed by atoms with Gasteiger partial charge in [0.2, 0.25) is 0 Å². The second-order valence-electron chi connectivity index (χ2n) is 7.20. The third-order valence-corrected chi connectivity index (χ3v) is 5.40. The van der Waals surface area contributed by atoms with Gasteiger partial charge in [0.1, 0.15) is 0 Å². The Hall–Kier alpha value is -2.37. The minimum Gasteiger partial charge on any atom is -0.334 e. The quantitative estimate of drug-likeness (QED) is 0.482. The molecular weight excluding hydrogens is 374 g/mol. The van der Waals surface area contributed by atoms with Gasteiger partial charge in [-0.25, -0.2) is 4.79 Å². The molecule has 0 saturated carbocycles. The van der Waals surface area contributed by atoms with Crippen LogP contribution >= 0.6 is 11.6 Å². The van der Waals surface area contributed by atoms with Gasteiger partial charge in [-0.3, -0.25) is 4.79 Å². The summed E-state index contributed by atoms with van der Waals surface area (Å²) in [7, 11) is 2.10. The van der Waals surface area contributed by atoms with E-state index in [4.69, 9.17) is 11.6 Å². The van der Waals surface area contributed by atoms with Crippen molar-refractivity contribution in [2.45, 2.75) is 32.2 Å². The van der Waals surface area contributed by atoms with Gasteiger partial charge < -0.3 is 15.5 Å². The van der Waals surface area contributed by atoms with Crippen LogP contribution < -0.4 is 10.6 Å². The lowest BCUT2D eigenvalue weighted by Crippen LogP contribution is -2.33. The Labute approximate surface area is 171 Å². The van der Waals surface area contributed by atoms with Gasteiger partial charge in [0.15, 0.2) is 5.78 Å². The number of halogens is 1. The molecule has 28 heavy (non-hydrogen) atoms. The predicted molar refractivity (Wildman–Crippen MR) is 113 cm³/mol. The number of nitrogens with one attached hydrogen (secondary N) is 2. The van der Waals surface area contributed by atoms with Crippen LogP contribution in [-0.4, -0.2) is 36.9 Å². The second-order valence-corrected chi connectivity index (χ2v) is 7.61. The number of rotatable bonds is 9. The molecule has 2 N–H and O–H groups in total. The fraction of sp³-hybridized carbons (Fsp3) is 0.364. The topological polar surface area (TPSA) is 61.4 Å². The van der Waals surface area contributed by atoms with E-state index in [0.29, 0.717) is 18.5 Å². The number of anilines is 1. The lowest BCUT2D eigenvalue weighted by Gasteiger charge is -2.19. The molecule has 1 heterocycles. The number of ketones is 1. The van der Waals surface area contributed by atoms with Gasteiger partial charge in [0.25, 0.3) is 0 Å². The molecule has 2 amide bonds. The predicted octanol–water partition coefficient (Wildman–Crippen LogP) is 4.50. The van der Waals surface area contributed by atoms with Crippen LogP contribution in [0.4, 0.5) is 10.5 Å². The lowest BCUT2D eigenvalue weighted by molar-refractivity contribution is 0.0978. The third-order valence-electron chi connectivity index (χ3n) is 5.03. The molecule has 0 bridgehead atoms. The van der Waals surface area contributed by atoms with Crippen molar-refractivity contribution in [3.63, 3.8) is 0 Å². The number of urea groups is 1. The molecule has 0 unspecified atom stereocenters. The van der Waals surface area contributed by atoms with E-state index >= 15 is 0 Å². The van der Waals surface area contributed by atoms with Crippen molar-refractivity contribution in [1.29, 1.82) is 0 Å². The monoisotopic (exact) mass is 399 g/mol. The van der Waals surface area contributed by atoms with E-state index < -0.39 is 0 Å². The van der Waals surface area contributed by atoms with E-state index in [2.05, 4.69) is 28.6 Å². The van der Waals surface area contributed by atoms with Crippen molar-refractivity contribution >= 4 is 29.1 Å². The van der Waals surface area contributed by atoms with Gasteiger partial charge in [-0.15, -0.1) is 0 Å². The number of hydrogen-bond donors (Lipinski definition) is 2. The molecule has 2 aromatic carbocycles. The SMILES string of the molecule is CN(CCCCC(=O)c1ccc2c(c1)CNC(=O)N2)CCc1ccccc1Cl. The number of hydrogen-bond acceptors (Lipinski definition) is 3. The van der Waals surface area contributed by atoms with Crippen LogP contribution in [0.1, 0.15) is 40.7 Å². The highest BCUT2D eigenvalue weighted by molar-refractivity contribution is 6.31. The Balaban J connectivity index is 1.38. The molecule has 0 saturated heterocycles. The molecule has 0 aromatic heterocycles. The van der Waals surface area contributed by atoms with Gasteiger partial charge in [0.05, 0.1) is 0 Å². The fourth-order valence-electron chi connectivity index (χ4n) is 3.31. The molecule has 0 aliphatic carbocycles. The average Bonchev–Trinajstić information content (AvgIpc) is 2.70. The second kappa shape index (κ2) is 9.71. The maximum atomic E-state index is 12.5. The molecule has 0 atom stereocenters. The molecule has 1 aliphatic rings. The first kappa shape index (κ1) is 20.4. The summed E-state index contributed by atoms with van der Waals surface area (Å²) in [5, 5.41) is 6.28. The van der Waals surface area contributed by atoms with Crippen LogP contribution in [0, 0.1) is 0 Å². The average molecular weight is 400 g/mol. The number of benzene rings is 2. The number of unbranched alkanes of at least 4 members (excludes halogenated alkanes) is 1. The van der Waals surface area contributed by atoms with E-state index in [1.807, 2.05) is 30.3 Å². The van der Waals surface area contributed by atoms with Gasteiger partial charge in [0, 0.05) is 35.8 Å². The zero-order valence-electron chi connectivity index (χ0n) is 16.1. The van der Waals surface area contributed by atoms with Crippen molar-refractivity contribution in [2.75, 3.05) is 25.5 Å². The van der Waals surface area contributed by atoms with Gasteiger partial charge in [-0.2, -0.15) is 0 Å². The van der Waals surface area contributed by atoms with Crippen LogP contribution in [0.5, 0.6) is 0 Å². The van der Waals surface area contributed by atoms with E-state index in [1.165, 1.54) is 5.56 Å².